The fraction of sp³-hybridized carbons (Fsp3) is 0. The molecule has 1 rings (SSSR count). The minimum atomic E-state index is -0.524. The van der Waals surface area contributed by atoms with E-state index in [4.69, 9.17) is 11.6 Å². The maximum absolute atomic E-state index is 10.3. The number of halogens is 2. The zero-order valence-electron chi connectivity index (χ0n) is 6.41. The zero-order chi connectivity index (χ0) is 9.84. The van der Waals surface area contributed by atoms with E-state index in [1.807, 2.05) is 0 Å². The Bertz CT molecular complexity index is 365. The normalized spacial score (nSPS) is 11.4. The van der Waals surface area contributed by atoms with Crippen molar-refractivity contribution >= 4 is 33.6 Å². The summed E-state index contributed by atoms with van der Waals surface area (Å²) < 4.78 is -0.111. The molecule has 0 heterocycles. The third-order valence-corrected chi connectivity index (χ3v) is 2.22. The van der Waals surface area contributed by atoms with Crippen LogP contribution >= 0.6 is 27.5 Å². The molecule has 0 saturated carbocycles. The summed E-state index contributed by atoms with van der Waals surface area (Å²) in [4.78, 5) is 9.74. The van der Waals surface area contributed by atoms with E-state index in [0.717, 1.165) is 0 Å². The molecule has 0 aliphatic rings. The number of benzene rings is 1. The predicted molar refractivity (Wildman–Crippen MR) is 55.4 cm³/mol. The quantitative estimate of drug-likeness (QED) is 0.466. The van der Waals surface area contributed by atoms with Crippen LogP contribution in [0.2, 0.25) is 5.02 Å². The SMILES string of the molecule is O=[N+]([O-])C(Br)=Cc1ccccc1Cl. The first kappa shape index (κ1) is 10.2. The average molecular weight is 262 g/mol. The van der Waals surface area contributed by atoms with Gasteiger partial charge in [-0.2, -0.15) is 0 Å². The van der Waals surface area contributed by atoms with Crippen LogP contribution in [-0.4, -0.2) is 4.92 Å². The molecule has 1 aromatic rings. The summed E-state index contributed by atoms with van der Waals surface area (Å²) in [6.07, 6.45) is 1.36. The van der Waals surface area contributed by atoms with Crippen LogP contribution in [0.4, 0.5) is 0 Å². The summed E-state index contributed by atoms with van der Waals surface area (Å²) in [5.74, 6) is 0. The number of hydrogen-bond donors (Lipinski definition) is 0. The van der Waals surface area contributed by atoms with Gasteiger partial charge in [-0.25, -0.2) is 0 Å². The first-order valence-electron chi connectivity index (χ1n) is 3.37. The van der Waals surface area contributed by atoms with Crippen LogP contribution in [0.25, 0.3) is 6.08 Å². The van der Waals surface area contributed by atoms with E-state index >= 15 is 0 Å². The lowest BCUT2D eigenvalue weighted by atomic mass is 10.2. The summed E-state index contributed by atoms with van der Waals surface area (Å²) in [6, 6.07) is 6.90. The van der Waals surface area contributed by atoms with E-state index in [1.54, 1.807) is 24.3 Å². The van der Waals surface area contributed by atoms with Gasteiger partial charge in [-0.05, 0) is 6.07 Å². The number of hydrogen-bond acceptors (Lipinski definition) is 2. The van der Waals surface area contributed by atoms with Crippen molar-refractivity contribution in [2.75, 3.05) is 0 Å². The molecule has 0 bridgehead atoms. The summed E-state index contributed by atoms with van der Waals surface area (Å²) in [7, 11) is 0. The zero-order valence-corrected chi connectivity index (χ0v) is 8.75. The van der Waals surface area contributed by atoms with Crippen molar-refractivity contribution in [3.05, 3.63) is 49.6 Å². The van der Waals surface area contributed by atoms with E-state index in [2.05, 4.69) is 15.9 Å². The molecule has 0 aromatic heterocycles. The molecule has 0 aliphatic carbocycles. The van der Waals surface area contributed by atoms with Crippen molar-refractivity contribution in [1.29, 1.82) is 0 Å². The van der Waals surface area contributed by atoms with Crippen LogP contribution in [-0.2, 0) is 0 Å². The first-order valence-corrected chi connectivity index (χ1v) is 4.54. The van der Waals surface area contributed by atoms with Crippen LogP contribution in [0.3, 0.4) is 0 Å². The van der Waals surface area contributed by atoms with Crippen molar-refractivity contribution in [2.45, 2.75) is 0 Å². The van der Waals surface area contributed by atoms with Gasteiger partial charge in [-0.3, -0.25) is 10.1 Å². The second-order valence-corrected chi connectivity index (χ2v) is 3.47. The number of rotatable bonds is 2. The van der Waals surface area contributed by atoms with E-state index in [9.17, 15) is 10.1 Å². The highest BCUT2D eigenvalue weighted by Gasteiger charge is 2.05. The lowest BCUT2D eigenvalue weighted by molar-refractivity contribution is -0.407. The smallest absolute Gasteiger partial charge is 0.258 e. The lowest BCUT2D eigenvalue weighted by Crippen LogP contribution is -1.89. The highest BCUT2D eigenvalue weighted by molar-refractivity contribution is 9.11. The highest BCUT2D eigenvalue weighted by Crippen LogP contribution is 2.20. The Labute approximate surface area is 88.3 Å². The molecule has 0 aliphatic heterocycles. The van der Waals surface area contributed by atoms with Crippen LogP contribution in [0.5, 0.6) is 0 Å². The van der Waals surface area contributed by atoms with E-state index in [0.29, 0.717) is 10.6 Å². The predicted octanol–water partition coefficient (Wildman–Crippen LogP) is 3.31. The van der Waals surface area contributed by atoms with E-state index in [1.165, 1.54) is 6.08 Å². The lowest BCUT2D eigenvalue weighted by Gasteiger charge is -1.95. The second-order valence-electron chi connectivity index (χ2n) is 2.25. The third kappa shape index (κ3) is 2.82. The molecule has 0 spiro atoms. The summed E-state index contributed by atoms with van der Waals surface area (Å²) >= 11 is 8.60. The van der Waals surface area contributed by atoms with Gasteiger partial charge in [0.2, 0.25) is 0 Å². The van der Waals surface area contributed by atoms with Crippen molar-refractivity contribution in [3.63, 3.8) is 0 Å². The van der Waals surface area contributed by atoms with Crippen LogP contribution in [0, 0.1) is 10.1 Å². The molecule has 0 saturated heterocycles. The third-order valence-electron chi connectivity index (χ3n) is 1.35. The molecule has 1 aromatic carbocycles. The van der Waals surface area contributed by atoms with Crippen molar-refractivity contribution < 1.29 is 4.92 Å². The molecule has 3 nitrogen and oxygen atoms in total. The molecule has 0 atom stereocenters. The maximum Gasteiger partial charge on any atom is 0.311 e. The summed E-state index contributed by atoms with van der Waals surface area (Å²) in [5.41, 5.74) is 0.618. The minimum Gasteiger partial charge on any atom is -0.258 e. The van der Waals surface area contributed by atoms with Gasteiger partial charge in [0.05, 0.1) is 4.92 Å². The Hall–Kier alpha value is -0.870. The topological polar surface area (TPSA) is 43.1 Å². The molecule has 0 amide bonds. The van der Waals surface area contributed by atoms with Crippen LogP contribution < -0.4 is 0 Å². The number of nitro groups is 1. The van der Waals surface area contributed by atoms with Crippen molar-refractivity contribution in [1.82, 2.24) is 0 Å². The van der Waals surface area contributed by atoms with Crippen molar-refractivity contribution in [2.24, 2.45) is 0 Å². The van der Waals surface area contributed by atoms with Gasteiger partial charge in [-0.1, -0.05) is 29.8 Å². The summed E-state index contributed by atoms with van der Waals surface area (Å²) in [6.45, 7) is 0. The molecule has 68 valence electrons. The van der Waals surface area contributed by atoms with E-state index in [-0.39, 0.29) is 4.61 Å². The van der Waals surface area contributed by atoms with Gasteiger partial charge in [0, 0.05) is 32.6 Å². The van der Waals surface area contributed by atoms with Gasteiger partial charge in [0.25, 0.3) is 0 Å². The Morgan fingerprint density at radius 3 is 2.69 bits per heavy atom. The highest BCUT2D eigenvalue weighted by atomic mass is 79.9. The molecule has 0 radical (unpaired) electrons. The van der Waals surface area contributed by atoms with Crippen molar-refractivity contribution in [3.8, 4) is 0 Å². The molecule has 0 fully saturated rings. The van der Waals surface area contributed by atoms with E-state index < -0.39 is 4.92 Å². The fourth-order valence-electron chi connectivity index (χ4n) is 0.773. The standard InChI is InChI=1S/C8H5BrClNO2/c9-8(11(12)13)5-6-3-1-2-4-7(6)10/h1-5H. The maximum atomic E-state index is 10.3. The Morgan fingerprint density at radius 1 is 1.54 bits per heavy atom. The monoisotopic (exact) mass is 261 g/mol. The van der Waals surface area contributed by atoms with Gasteiger partial charge < -0.3 is 0 Å². The Morgan fingerprint density at radius 2 is 2.15 bits per heavy atom. The average Bonchev–Trinajstić information content (AvgIpc) is 2.08. The summed E-state index contributed by atoms with van der Waals surface area (Å²) in [5, 5.41) is 10.7. The van der Waals surface area contributed by atoms with Crippen LogP contribution in [0.15, 0.2) is 28.9 Å². The first-order chi connectivity index (χ1) is 6.11. The largest absolute Gasteiger partial charge is 0.311 e. The number of nitrogens with zero attached hydrogens (tertiary/aromatic N) is 1. The minimum absolute atomic E-state index is 0.111. The molecule has 0 unspecified atom stereocenters. The second kappa shape index (κ2) is 4.39. The Balaban J connectivity index is 3.04. The molecule has 5 heteroatoms. The molecular weight excluding hydrogens is 257 g/mol. The Kier molecular flexibility index (Phi) is 3.45. The van der Waals surface area contributed by atoms with Gasteiger partial charge >= 0.3 is 4.61 Å². The van der Waals surface area contributed by atoms with Gasteiger partial charge in [-0.15, -0.1) is 0 Å². The van der Waals surface area contributed by atoms with Crippen LogP contribution in [0.1, 0.15) is 5.56 Å². The fourth-order valence-corrected chi connectivity index (χ4v) is 1.21. The molecule has 13 heavy (non-hydrogen) atoms. The molecular formula is C8H5BrClNO2. The van der Waals surface area contributed by atoms with Gasteiger partial charge in [0.1, 0.15) is 0 Å². The van der Waals surface area contributed by atoms with Gasteiger partial charge in [0.15, 0.2) is 0 Å². The molecule has 0 N–H and O–H groups in total.